The number of nitro groups is 1. The molecule has 154 valence electrons. The molecule has 0 unspecified atom stereocenters. The highest BCUT2D eigenvalue weighted by Crippen LogP contribution is 2.35. The van der Waals surface area contributed by atoms with Gasteiger partial charge in [-0.05, 0) is 36.4 Å². The van der Waals surface area contributed by atoms with Gasteiger partial charge in [0.25, 0.3) is 17.5 Å². The van der Waals surface area contributed by atoms with E-state index in [-0.39, 0.29) is 11.6 Å². The highest BCUT2D eigenvalue weighted by atomic mass is 16.6. The van der Waals surface area contributed by atoms with Gasteiger partial charge >= 0.3 is 0 Å². The van der Waals surface area contributed by atoms with Gasteiger partial charge in [-0.25, -0.2) is 4.90 Å². The van der Waals surface area contributed by atoms with Crippen LogP contribution in [-0.2, 0) is 9.59 Å². The summed E-state index contributed by atoms with van der Waals surface area (Å²) in [6.07, 6.45) is 0. The van der Waals surface area contributed by atoms with Crippen molar-refractivity contribution < 1.29 is 14.5 Å². The summed E-state index contributed by atoms with van der Waals surface area (Å²) in [5, 5.41) is 11.0. The van der Waals surface area contributed by atoms with Crippen LogP contribution in [-0.4, -0.2) is 59.3 Å². The molecule has 0 atom stereocenters. The normalized spacial score (nSPS) is 17.8. The number of imide groups is 1. The highest BCUT2D eigenvalue weighted by Gasteiger charge is 2.43. The molecule has 0 aliphatic carbocycles. The Morgan fingerprint density at radius 2 is 1.53 bits per heavy atom. The minimum Gasteiger partial charge on any atom is -0.364 e. The monoisotopic (exact) mass is 406 g/mol. The second-order valence-corrected chi connectivity index (χ2v) is 7.23. The average Bonchev–Trinajstić information content (AvgIpc) is 3.04. The van der Waals surface area contributed by atoms with Crippen LogP contribution in [0.3, 0.4) is 0 Å². The average molecular weight is 406 g/mol. The molecular formula is C22H22N4O4. The predicted molar refractivity (Wildman–Crippen MR) is 113 cm³/mol. The van der Waals surface area contributed by atoms with Crippen LogP contribution >= 0.6 is 0 Å². The van der Waals surface area contributed by atoms with Crippen molar-refractivity contribution in [2.75, 3.05) is 37.6 Å². The Morgan fingerprint density at radius 1 is 0.900 bits per heavy atom. The number of piperazine rings is 1. The van der Waals surface area contributed by atoms with E-state index in [1.165, 1.54) is 29.2 Å². The summed E-state index contributed by atoms with van der Waals surface area (Å²) in [4.78, 5) is 42.8. The van der Waals surface area contributed by atoms with Gasteiger partial charge in [0.05, 0.1) is 16.2 Å². The number of nitro benzene ring substituents is 1. The SMILES string of the molecule is CCN1CCN(C2=C(c3ccc([N+](=O)[O-])cc3)C(=O)N(c3ccccc3)C2=O)CC1. The lowest BCUT2D eigenvalue weighted by atomic mass is 10.0. The highest BCUT2D eigenvalue weighted by molar-refractivity contribution is 6.45. The summed E-state index contributed by atoms with van der Waals surface area (Å²) in [5.74, 6) is -0.766. The number of hydrogen-bond acceptors (Lipinski definition) is 6. The molecule has 8 heteroatoms. The van der Waals surface area contributed by atoms with Gasteiger partial charge < -0.3 is 9.80 Å². The number of anilines is 1. The molecule has 0 saturated carbocycles. The number of nitrogens with zero attached hydrogens (tertiary/aromatic N) is 4. The Bertz CT molecular complexity index is 1010. The van der Waals surface area contributed by atoms with E-state index in [0.29, 0.717) is 35.6 Å². The summed E-state index contributed by atoms with van der Waals surface area (Å²) >= 11 is 0. The summed E-state index contributed by atoms with van der Waals surface area (Å²) in [5.41, 5.74) is 1.62. The fourth-order valence-electron chi connectivity index (χ4n) is 3.92. The minimum atomic E-state index is -0.485. The molecule has 2 aliphatic heterocycles. The van der Waals surface area contributed by atoms with Gasteiger partial charge in [-0.15, -0.1) is 0 Å². The fraction of sp³-hybridized carbons (Fsp3) is 0.273. The van der Waals surface area contributed by atoms with E-state index in [4.69, 9.17) is 0 Å². The lowest BCUT2D eigenvalue weighted by Gasteiger charge is -2.35. The van der Waals surface area contributed by atoms with E-state index in [1.54, 1.807) is 24.3 Å². The summed E-state index contributed by atoms with van der Waals surface area (Å²) in [6.45, 7) is 5.92. The maximum absolute atomic E-state index is 13.4. The molecule has 2 heterocycles. The van der Waals surface area contributed by atoms with Crippen LogP contribution in [0, 0.1) is 10.1 Å². The van der Waals surface area contributed by atoms with Crippen LogP contribution in [0.4, 0.5) is 11.4 Å². The van der Waals surface area contributed by atoms with Gasteiger partial charge in [-0.2, -0.15) is 0 Å². The predicted octanol–water partition coefficient (Wildman–Crippen LogP) is 2.52. The number of para-hydroxylation sites is 1. The second-order valence-electron chi connectivity index (χ2n) is 7.23. The molecule has 0 spiro atoms. The zero-order valence-corrected chi connectivity index (χ0v) is 16.7. The third kappa shape index (κ3) is 3.46. The number of carbonyl (C=O) groups excluding carboxylic acids is 2. The van der Waals surface area contributed by atoms with Gasteiger partial charge in [0.2, 0.25) is 0 Å². The van der Waals surface area contributed by atoms with Gasteiger partial charge in [0.15, 0.2) is 0 Å². The van der Waals surface area contributed by atoms with Crippen LogP contribution in [0.15, 0.2) is 60.3 Å². The van der Waals surface area contributed by atoms with Crippen molar-refractivity contribution in [2.24, 2.45) is 0 Å². The lowest BCUT2D eigenvalue weighted by molar-refractivity contribution is -0.384. The molecule has 0 radical (unpaired) electrons. The van der Waals surface area contributed by atoms with Crippen molar-refractivity contribution in [1.82, 2.24) is 9.80 Å². The third-order valence-electron chi connectivity index (χ3n) is 5.58. The van der Waals surface area contributed by atoms with Crippen LogP contribution < -0.4 is 4.90 Å². The first-order chi connectivity index (χ1) is 14.5. The van der Waals surface area contributed by atoms with Crippen molar-refractivity contribution in [3.05, 3.63) is 76.0 Å². The smallest absolute Gasteiger partial charge is 0.282 e. The van der Waals surface area contributed by atoms with Crippen LogP contribution in [0.5, 0.6) is 0 Å². The van der Waals surface area contributed by atoms with E-state index in [9.17, 15) is 19.7 Å². The first-order valence-corrected chi connectivity index (χ1v) is 9.91. The Morgan fingerprint density at radius 3 is 2.10 bits per heavy atom. The summed E-state index contributed by atoms with van der Waals surface area (Å²) < 4.78 is 0. The number of amides is 2. The Hall–Kier alpha value is -3.52. The van der Waals surface area contributed by atoms with Gasteiger partial charge in [0, 0.05) is 38.3 Å². The van der Waals surface area contributed by atoms with Crippen molar-refractivity contribution in [3.63, 3.8) is 0 Å². The zero-order valence-electron chi connectivity index (χ0n) is 16.7. The molecular weight excluding hydrogens is 384 g/mol. The number of likely N-dealkylation sites (N-methyl/N-ethyl adjacent to an activating group) is 1. The fourth-order valence-corrected chi connectivity index (χ4v) is 3.92. The van der Waals surface area contributed by atoms with Gasteiger partial charge in [-0.1, -0.05) is 25.1 Å². The first-order valence-electron chi connectivity index (χ1n) is 9.91. The largest absolute Gasteiger partial charge is 0.364 e. The van der Waals surface area contributed by atoms with Crippen LogP contribution in [0.1, 0.15) is 12.5 Å². The number of benzene rings is 2. The standard InChI is InChI=1S/C22H22N4O4/c1-2-23-12-14-24(15-13-23)20-19(16-8-10-18(11-9-16)26(29)30)21(27)25(22(20)28)17-6-4-3-5-7-17/h3-11H,2,12-15H2,1H3. The molecule has 2 amide bonds. The third-order valence-corrected chi connectivity index (χ3v) is 5.58. The molecule has 1 fully saturated rings. The Balaban J connectivity index is 1.77. The maximum Gasteiger partial charge on any atom is 0.282 e. The molecule has 0 bridgehead atoms. The molecule has 30 heavy (non-hydrogen) atoms. The number of carbonyl (C=O) groups is 2. The lowest BCUT2D eigenvalue weighted by Crippen LogP contribution is -2.47. The number of hydrogen-bond donors (Lipinski definition) is 0. The van der Waals surface area contributed by atoms with E-state index in [2.05, 4.69) is 11.8 Å². The molecule has 0 N–H and O–H groups in total. The van der Waals surface area contributed by atoms with E-state index in [1.807, 2.05) is 11.0 Å². The molecule has 2 aliphatic rings. The second kappa shape index (κ2) is 8.08. The van der Waals surface area contributed by atoms with Crippen LogP contribution in [0.2, 0.25) is 0 Å². The molecule has 1 saturated heterocycles. The molecule has 8 nitrogen and oxygen atoms in total. The van der Waals surface area contributed by atoms with Gasteiger partial charge in [-0.3, -0.25) is 19.7 Å². The zero-order chi connectivity index (χ0) is 21.3. The molecule has 4 rings (SSSR count). The van der Waals surface area contributed by atoms with Crippen molar-refractivity contribution in [2.45, 2.75) is 6.92 Å². The summed E-state index contributed by atoms with van der Waals surface area (Å²) in [6, 6.07) is 14.6. The topological polar surface area (TPSA) is 87.0 Å². The maximum atomic E-state index is 13.4. The van der Waals surface area contributed by atoms with E-state index < -0.39 is 10.8 Å². The Kier molecular flexibility index (Phi) is 5.33. The summed E-state index contributed by atoms with van der Waals surface area (Å²) in [7, 11) is 0. The quantitative estimate of drug-likeness (QED) is 0.431. The van der Waals surface area contributed by atoms with E-state index in [0.717, 1.165) is 19.6 Å². The van der Waals surface area contributed by atoms with Crippen molar-refractivity contribution in [3.8, 4) is 0 Å². The van der Waals surface area contributed by atoms with E-state index >= 15 is 0 Å². The van der Waals surface area contributed by atoms with Crippen molar-refractivity contribution in [1.29, 1.82) is 0 Å². The van der Waals surface area contributed by atoms with Gasteiger partial charge in [0.1, 0.15) is 5.70 Å². The number of rotatable bonds is 5. The molecule has 0 aromatic heterocycles. The minimum absolute atomic E-state index is 0.0610. The molecule has 2 aromatic carbocycles. The van der Waals surface area contributed by atoms with Crippen LogP contribution in [0.25, 0.3) is 5.57 Å². The molecule has 2 aromatic rings. The number of non-ortho nitro benzene ring substituents is 1. The van der Waals surface area contributed by atoms with Crippen molar-refractivity contribution >= 4 is 28.8 Å². The Labute approximate surface area is 174 Å². The first kappa shape index (κ1) is 19.8.